The maximum Gasteiger partial charge on any atom is 0.211 e. The van der Waals surface area contributed by atoms with Crippen molar-refractivity contribution in [2.24, 2.45) is 0 Å². The van der Waals surface area contributed by atoms with Crippen LogP contribution < -0.4 is 4.98 Å². The van der Waals surface area contributed by atoms with Crippen LogP contribution in [0.25, 0.3) is 44.1 Å². The van der Waals surface area contributed by atoms with Crippen LogP contribution in [-0.4, -0.2) is 0 Å². The van der Waals surface area contributed by atoms with Gasteiger partial charge in [0, 0.05) is 23.1 Å². The van der Waals surface area contributed by atoms with Crippen molar-refractivity contribution < 1.29 is 4.98 Å². The topological polar surface area (TPSA) is 14.1 Å². The second-order valence-corrected chi connectivity index (χ2v) is 8.55. The van der Waals surface area contributed by atoms with E-state index in [1.165, 1.54) is 49.5 Å². The molecule has 0 spiro atoms. The number of fused-ring (bicyclic) bond motifs is 6. The van der Waals surface area contributed by atoms with E-state index in [1.807, 2.05) is 0 Å². The second-order valence-electron chi connectivity index (χ2n) is 8.55. The molecule has 1 aromatic heterocycles. The fourth-order valence-electron chi connectivity index (χ4n) is 4.98. The highest BCUT2D eigenvalue weighted by Crippen LogP contribution is 2.49. The molecule has 5 aromatic rings. The highest BCUT2D eigenvalue weighted by Gasteiger charge is 2.35. The molecule has 0 saturated heterocycles. The Morgan fingerprint density at radius 2 is 1.41 bits per heavy atom. The largest absolute Gasteiger partial charge is 0.211 e. The van der Waals surface area contributed by atoms with Crippen molar-refractivity contribution in [1.29, 1.82) is 0 Å². The SMILES string of the molecule is CC1(C)c2ccccc2-c2ccc(-c3ccc4c(ccc5ccccc54)[nH+]3)cc21. The molecule has 1 aliphatic rings. The lowest BCUT2D eigenvalue weighted by Crippen LogP contribution is -2.15. The molecule has 0 saturated carbocycles. The summed E-state index contributed by atoms with van der Waals surface area (Å²) < 4.78 is 0. The zero-order valence-corrected chi connectivity index (χ0v) is 16.7. The number of benzene rings is 4. The molecular formula is C28H22N+. The number of hydrogen-bond donors (Lipinski definition) is 0. The summed E-state index contributed by atoms with van der Waals surface area (Å²) >= 11 is 0. The third-order valence-corrected chi connectivity index (χ3v) is 6.55. The van der Waals surface area contributed by atoms with Gasteiger partial charge in [-0.05, 0) is 57.3 Å². The highest BCUT2D eigenvalue weighted by molar-refractivity contribution is 6.05. The van der Waals surface area contributed by atoms with Gasteiger partial charge in [0.25, 0.3) is 0 Å². The zero-order chi connectivity index (χ0) is 19.6. The molecule has 0 atom stereocenters. The van der Waals surface area contributed by atoms with Crippen molar-refractivity contribution in [3.05, 3.63) is 102 Å². The summed E-state index contributed by atoms with van der Waals surface area (Å²) in [5.41, 5.74) is 9.14. The summed E-state index contributed by atoms with van der Waals surface area (Å²) in [4.78, 5) is 3.67. The Morgan fingerprint density at radius 1 is 0.621 bits per heavy atom. The predicted octanol–water partition coefficient (Wildman–Crippen LogP) is 6.78. The van der Waals surface area contributed by atoms with Gasteiger partial charge in [-0.2, -0.15) is 0 Å². The van der Waals surface area contributed by atoms with Gasteiger partial charge in [0.05, 0.1) is 5.39 Å². The Bertz CT molecular complexity index is 1430. The standard InChI is InChI=1S/C28H21N/c1-28(2)24-10-6-5-9-21(24)22-13-11-19(17-25(22)28)26-16-14-23-20-8-4-3-7-18(20)12-15-27(23)29-26/h3-17H,1-2H3/p+1. The fourth-order valence-corrected chi connectivity index (χ4v) is 4.98. The van der Waals surface area contributed by atoms with Gasteiger partial charge in [0.15, 0.2) is 0 Å². The van der Waals surface area contributed by atoms with Gasteiger partial charge in [-0.25, -0.2) is 4.98 Å². The van der Waals surface area contributed by atoms with Crippen LogP contribution in [-0.2, 0) is 5.41 Å². The molecule has 1 heterocycles. The molecule has 1 heteroatoms. The van der Waals surface area contributed by atoms with E-state index in [0.29, 0.717) is 0 Å². The molecule has 0 fully saturated rings. The van der Waals surface area contributed by atoms with Gasteiger partial charge >= 0.3 is 0 Å². The number of rotatable bonds is 1. The molecule has 1 N–H and O–H groups in total. The lowest BCUT2D eigenvalue weighted by molar-refractivity contribution is -0.330. The van der Waals surface area contributed by atoms with Crippen LogP contribution in [0.15, 0.2) is 91.0 Å². The van der Waals surface area contributed by atoms with Gasteiger partial charge in [-0.15, -0.1) is 0 Å². The number of H-pyrrole nitrogens is 1. The number of hydrogen-bond acceptors (Lipinski definition) is 0. The van der Waals surface area contributed by atoms with Gasteiger partial charge < -0.3 is 0 Å². The number of aromatic nitrogens is 1. The average Bonchev–Trinajstić information content (AvgIpc) is 3.00. The first-order valence-electron chi connectivity index (χ1n) is 10.2. The minimum atomic E-state index is 0.0228. The number of aromatic amines is 1. The maximum atomic E-state index is 3.67. The molecule has 1 nitrogen and oxygen atoms in total. The summed E-state index contributed by atoms with van der Waals surface area (Å²) in [6, 6.07) is 33.1. The summed E-state index contributed by atoms with van der Waals surface area (Å²) in [6.45, 7) is 4.66. The first kappa shape index (κ1) is 16.5. The van der Waals surface area contributed by atoms with Gasteiger partial charge in [0.1, 0.15) is 0 Å². The summed E-state index contributed by atoms with van der Waals surface area (Å²) in [5, 5.41) is 3.83. The highest BCUT2D eigenvalue weighted by atomic mass is 14.7. The van der Waals surface area contributed by atoms with Gasteiger partial charge in [0.2, 0.25) is 11.2 Å². The Labute approximate surface area is 170 Å². The Kier molecular flexibility index (Phi) is 3.29. The van der Waals surface area contributed by atoms with E-state index in [9.17, 15) is 0 Å². The van der Waals surface area contributed by atoms with Crippen molar-refractivity contribution in [2.45, 2.75) is 19.3 Å². The second kappa shape index (κ2) is 5.78. The van der Waals surface area contributed by atoms with Gasteiger partial charge in [-0.3, -0.25) is 0 Å². The van der Waals surface area contributed by atoms with Gasteiger partial charge in [-0.1, -0.05) is 68.4 Å². The molecule has 0 unspecified atom stereocenters. The summed E-state index contributed by atoms with van der Waals surface area (Å²) in [6.07, 6.45) is 0. The lowest BCUT2D eigenvalue weighted by atomic mass is 9.82. The molecule has 4 aromatic carbocycles. The van der Waals surface area contributed by atoms with E-state index in [1.54, 1.807) is 0 Å². The van der Waals surface area contributed by atoms with Crippen LogP contribution in [0, 0.1) is 0 Å². The van der Waals surface area contributed by atoms with E-state index in [0.717, 1.165) is 5.69 Å². The van der Waals surface area contributed by atoms with E-state index < -0.39 is 0 Å². The molecule has 0 radical (unpaired) electrons. The minimum absolute atomic E-state index is 0.0228. The van der Waals surface area contributed by atoms with Crippen LogP contribution in [0.1, 0.15) is 25.0 Å². The van der Waals surface area contributed by atoms with Crippen LogP contribution in [0.4, 0.5) is 0 Å². The normalized spacial score (nSPS) is 14.1. The molecule has 0 aliphatic heterocycles. The van der Waals surface area contributed by atoms with Crippen molar-refractivity contribution in [2.75, 3.05) is 0 Å². The quantitative estimate of drug-likeness (QED) is 0.288. The maximum absolute atomic E-state index is 3.67. The van der Waals surface area contributed by atoms with Crippen molar-refractivity contribution in [3.63, 3.8) is 0 Å². The van der Waals surface area contributed by atoms with Crippen LogP contribution in [0.3, 0.4) is 0 Å². The van der Waals surface area contributed by atoms with E-state index in [4.69, 9.17) is 0 Å². The smallest absolute Gasteiger partial charge is 0.204 e. The summed E-state index contributed by atoms with van der Waals surface area (Å²) in [5.74, 6) is 0. The predicted molar refractivity (Wildman–Crippen MR) is 121 cm³/mol. The molecule has 0 bridgehead atoms. The van der Waals surface area contributed by atoms with Crippen LogP contribution >= 0.6 is 0 Å². The first-order chi connectivity index (χ1) is 14.1. The number of nitrogens with one attached hydrogen (secondary N) is 1. The third-order valence-electron chi connectivity index (χ3n) is 6.55. The summed E-state index contributed by atoms with van der Waals surface area (Å²) in [7, 11) is 0. The Balaban J connectivity index is 1.52. The molecular weight excluding hydrogens is 350 g/mol. The van der Waals surface area contributed by atoms with E-state index >= 15 is 0 Å². The molecule has 29 heavy (non-hydrogen) atoms. The Hall–Kier alpha value is -3.45. The molecule has 1 aliphatic carbocycles. The van der Waals surface area contributed by atoms with Crippen molar-refractivity contribution in [1.82, 2.24) is 0 Å². The van der Waals surface area contributed by atoms with E-state index in [-0.39, 0.29) is 5.41 Å². The fraction of sp³-hybridized carbons (Fsp3) is 0.107. The zero-order valence-electron chi connectivity index (χ0n) is 16.7. The van der Waals surface area contributed by atoms with Crippen LogP contribution in [0.5, 0.6) is 0 Å². The van der Waals surface area contributed by atoms with Crippen molar-refractivity contribution >= 4 is 21.7 Å². The number of pyridine rings is 1. The average molecular weight is 372 g/mol. The monoisotopic (exact) mass is 372 g/mol. The van der Waals surface area contributed by atoms with Crippen molar-refractivity contribution in [3.8, 4) is 22.4 Å². The molecule has 0 amide bonds. The molecule has 6 rings (SSSR count). The lowest BCUT2D eigenvalue weighted by Gasteiger charge is -2.21. The van der Waals surface area contributed by atoms with E-state index in [2.05, 4.69) is 110 Å². The molecule has 138 valence electrons. The minimum Gasteiger partial charge on any atom is -0.204 e. The first-order valence-corrected chi connectivity index (χ1v) is 10.2. The third kappa shape index (κ3) is 2.31. The Morgan fingerprint density at radius 3 is 2.34 bits per heavy atom. The van der Waals surface area contributed by atoms with Crippen LogP contribution in [0.2, 0.25) is 0 Å².